The Hall–Kier alpha value is -2.56. The van der Waals surface area contributed by atoms with Crippen LogP contribution in [0, 0.1) is 11.8 Å². The quantitative estimate of drug-likeness (QED) is 0.240. The number of carbonyl (C=O) groups is 1. The molecule has 174 valence electrons. The van der Waals surface area contributed by atoms with Gasteiger partial charge in [-0.1, -0.05) is 5.16 Å². The molecule has 0 amide bonds. The van der Waals surface area contributed by atoms with E-state index in [4.69, 9.17) is 15.1 Å². The molecule has 2 aliphatic carbocycles. The molecule has 2 fully saturated rings. The zero-order valence-corrected chi connectivity index (χ0v) is 18.9. The highest BCUT2D eigenvalue weighted by molar-refractivity contribution is 7.56. The van der Waals surface area contributed by atoms with Crippen LogP contribution in [0.1, 0.15) is 39.5 Å². The summed E-state index contributed by atoms with van der Waals surface area (Å²) in [7, 11) is -3.72. The fourth-order valence-corrected chi connectivity index (χ4v) is 4.92. The van der Waals surface area contributed by atoms with Crippen molar-refractivity contribution in [3.63, 3.8) is 0 Å². The van der Waals surface area contributed by atoms with Crippen LogP contribution in [0.5, 0.6) is 0 Å². The number of oxime groups is 1. The molecule has 3 atom stereocenters. The van der Waals surface area contributed by atoms with Gasteiger partial charge in [0.05, 0.1) is 24.7 Å². The molecule has 2 aliphatic rings. The molecule has 2 saturated carbocycles. The van der Waals surface area contributed by atoms with Crippen molar-refractivity contribution in [1.29, 1.82) is 0 Å². The number of aliphatic carboxylic acids is 1. The third kappa shape index (κ3) is 5.43. The summed E-state index contributed by atoms with van der Waals surface area (Å²) < 4.78 is 26.4. The van der Waals surface area contributed by atoms with Crippen LogP contribution < -0.4 is 10.8 Å². The van der Waals surface area contributed by atoms with E-state index in [-0.39, 0.29) is 12.2 Å². The summed E-state index contributed by atoms with van der Waals surface area (Å²) in [5.74, 6) is -0.0852. The van der Waals surface area contributed by atoms with E-state index < -0.39 is 25.6 Å². The molecular formula is C19H28N7O5P. The second-order valence-electron chi connectivity index (χ2n) is 8.44. The number of nitrogens with zero attached hydrogens (tertiary/aromatic N) is 5. The number of carboxylic acid groups (broad SMARTS) is 1. The van der Waals surface area contributed by atoms with Gasteiger partial charge in [-0.05, 0) is 39.5 Å². The molecule has 2 aromatic rings. The number of nitrogens with one attached hydrogen (secondary N) is 1. The van der Waals surface area contributed by atoms with E-state index in [1.54, 1.807) is 17.8 Å². The topological polar surface area (TPSA) is 167 Å². The second kappa shape index (κ2) is 9.13. The zero-order valence-electron chi connectivity index (χ0n) is 18.0. The highest BCUT2D eigenvalue weighted by Crippen LogP contribution is 2.47. The number of ether oxygens (including phenoxy) is 1. The van der Waals surface area contributed by atoms with E-state index >= 15 is 0 Å². The number of aromatic nitrogens is 4. The first-order valence-electron chi connectivity index (χ1n) is 10.6. The average Bonchev–Trinajstić information content (AvgIpc) is 3.67. The number of nitrogens with two attached hydrogens (primary N) is 1. The summed E-state index contributed by atoms with van der Waals surface area (Å²) >= 11 is 0. The summed E-state index contributed by atoms with van der Waals surface area (Å²) in [6.45, 7) is 3.56. The van der Waals surface area contributed by atoms with Gasteiger partial charge in [0.25, 0.3) is 0 Å². The van der Waals surface area contributed by atoms with E-state index in [1.165, 1.54) is 13.3 Å². The Kier molecular flexibility index (Phi) is 6.45. The molecule has 0 aliphatic heterocycles. The standard InChI is InChI=1S/C19H28N7O5P/c1-11(7-26-9-23-16-17(20)21-8-22-18(16)26)30-10-32(29,25-12(2)19(27)28)31-24-15(13-3-4-13)14-5-6-14/h8-9,11-14H,3-7,10H2,1-2H3,(H,25,29)(H,27,28)(H2,20,21,22)/t11-,12+,32?/m1/s1. The van der Waals surface area contributed by atoms with Crippen LogP contribution in [-0.2, 0) is 25.3 Å². The highest BCUT2D eigenvalue weighted by Gasteiger charge is 2.40. The average molecular weight is 465 g/mol. The van der Waals surface area contributed by atoms with Gasteiger partial charge in [0, 0.05) is 11.8 Å². The second-order valence-corrected chi connectivity index (χ2v) is 10.5. The van der Waals surface area contributed by atoms with E-state index in [0.717, 1.165) is 31.4 Å². The number of imidazole rings is 1. The van der Waals surface area contributed by atoms with Crippen LogP contribution in [0.4, 0.5) is 5.82 Å². The Balaban J connectivity index is 1.42. The molecule has 4 N–H and O–H groups in total. The Bertz CT molecular complexity index is 1050. The SMILES string of the molecule is C[C@H](Cn1cnc2c(N)ncnc21)OCP(=O)(N[C@@H](C)C(=O)O)ON=C(C1CC1)C1CC1. The molecule has 0 saturated heterocycles. The maximum Gasteiger partial charge on any atom is 0.364 e. The number of hydrogen-bond acceptors (Lipinski definition) is 9. The van der Waals surface area contributed by atoms with Crippen molar-refractivity contribution >= 4 is 36.2 Å². The van der Waals surface area contributed by atoms with Crippen molar-refractivity contribution in [2.75, 3.05) is 12.1 Å². The van der Waals surface area contributed by atoms with Crippen LogP contribution >= 0.6 is 7.52 Å². The van der Waals surface area contributed by atoms with Crippen molar-refractivity contribution in [3.05, 3.63) is 12.7 Å². The first-order valence-corrected chi connectivity index (χ1v) is 12.5. The fraction of sp³-hybridized carbons (Fsp3) is 0.632. The van der Waals surface area contributed by atoms with E-state index in [2.05, 4.69) is 25.2 Å². The molecule has 2 aromatic heterocycles. The molecular weight excluding hydrogens is 437 g/mol. The Morgan fingerprint density at radius 2 is 2.00 bits per heavy atom. The van der Waals surface area contributed by atoms with Crippen molar-refractivity contribution in [1.82, 2.24) is 24.6 Å². The first kappa shape index (κ1) is 22.6. The molecule has 12 nitrogen and oxygen atoms in total. The minimum Gasteiger partial charge on any atom is -0.480 e. The van der Waals surface area contributed by atoms with Crippen LogP contribution in [0.3, 0.4) is 0 Å². The van der Waals surface area contributed by atoms with Gasteiger partial charge in [0.2, 0.25) is 0 Å². The minimum atomic E-state index is -3.72. The van der Waals surface area contributed by atoms with Crippen molar-refractivity contribution in [3.8, 4) is 0 Å². The van der Waals surface area contributed by atoms with Gasteiger partial charge in [-0.3, -0.25) is 9.36 Å². The monoisotopic (exact) mass is 465 g/mol. The first-order chi connectivity index (χ1) is 15.3. The lowest BCUT2D eigenvalue weighted by Crippen LogP contribution is -2.33. The Morgan fingerprint density at radius 3 is 2.62 bits per heavy atom. The van der Waals surface area contributed by atoms with Crippen molar-refractivity contribution in [2.24, 2.45) is 17.0 Å². The lowest BCUT2D eigenvalue weighted by Gasteiger charge is -2.22. The fourth-order valence-electron chi connectivity index (χ4n) is 3.38. The number of fused-ring (bicyclic) bond motifs is 1. The van der Waals surface area contributed by atoms with Crippen LogP contribution in [-0.4, -0.2) is 54.8 Å². The minimum absolute atomic E-state index is 0.284. The van der Waals surface area contributed by atoms with Gasteiger partial charge >= 0.3 is 13.5 Å². The zero-order chi connectivity index (χ0) is 22.9. The summed E-state index contributed by atoms with van der Waals surface area (Å²) in [6, 6.07) is -1.09. The lowest BCUT2D eigenvalue weighted by atomic mass is 10.2. The Morgan fingerprint density at radius 1 is 1.31 bits per heavy atom. The smallest absolute Gasteiger partial charge is 0.364 e. The molecule has 2 heterocycles. The predicted octanol–water partition coefficient (Wildman–Crippen LogP) is 2.22. The Labute approximate surface area is 185 Å². The van der Waals surface area contributed by atoms with E-state index in [9.17, 15) is 14.5 Å². The molecule has 4 rings (SSSR count). The predicted molar refractivity (Wildman–Crippen MR) is 117 cm³/mol. The number of rotatable bonds is 12. The van der Waals surface area contributed by atoms with Crippen LogP contribution in [0.15, 0.2) is 17.8 Å². The molecule has 1 unspecified atom stereocenters. The third-order valence-electron chi connectivity index (χ3n) is 5.44. The summed E-state index contributed by atoms with van der Waals surface area (Å²) in [6.07, 6.45) is 6.43. The molecule has 0 bridgehead atoms. The maximum atomic E-state index is 13.4. The molecule has 0 aromatic carbocycles. The van der Waals surface area contributed by atoms with Crippen LogP contribution in [0.2, 0.25) is 0 Å². The molecule has 32 heavy (non-hydrogen) atoms. The highest BCUT2D eigenvalue weighted by atomic mass is 31.2. The third-order valence-corrected chi connectivity index (χ3v) is 7.06. The maximum absolute atomic E-state index is 13.4. The van der Waals surface area contributed by atoms with Gasteiger partial charge in [0.15, 0.2) is 11.5 Å². The number of nitrogen functional groups attached to an aromatic ring is 1. The van der Waals surface area contributed by atoms with Crippen molar-refractivity contribution in [2.45, 2.75) is 58.2 Å². The van der Waals surface area contributed by atoms with E-state index in [1.807, 2.05) is 0 Å². The molecule has 0 radical (unpaired) electrons. The summed E-state index contributed by atoms with van der Waals surface area (Å²) in [4.78, 5) is 23.6. The van der Waals surface area contributed by atoms with Gasteiger partial charge in [0.1, 0.15) is 24.2 Å². The number of carboxylic acids is 1. The number of hydrogen-bond donors (Lipinski definition) is 3. The van der Waals surface area contributed by atoms with Gasteiger partial charge < -0.3 is 24.8 Å². The van der Waals surface area contributed by atoms with Gasteiger partial charge in [-0.25, -0.2) is 20.0 Å². The van der Waals surface area contributed by atoms with Crippen molar-refractivity contribution < 1.29 is 23.8 Å². The van der Waals surface area contributed by atoms with Gasteiger partial charge in [-0.15, -0.1) is 0 Å². The summed E-state index contributed by atoms with van der Waals surface area (Å²) in [5.41, 5.74) is 7.81. The molecule has 0 spiro atoms. The van der Waals surface area contributed by atoms with Gasteiger partial charge in [-0.2, -0.15) is 0 Å². The number of anilines is 1. The van der Waals surface area contributed by atoms with E-state index in [0.29, 0.717) is 29.5 Å². The normalized spacial score (nSPS) is 19.8. The molecule has 13 heteroatoms. The largest absolute Gasteiger partial charge is 0.480 e. The lowest BCUT2D eigenvalue weighted by molar-refractivity contribution is -0.138. The van der Waals surface area contributed by atoms with Crippen LogP contribution in [0.25, 0.3) is 11.2 Å². The summed E-state index contributed by atoms with van der Waals surface area (Å²) in [5, 5.41) is 16.0.